The molecule has 4 heteroatoms. The van der Waals surface area contributed by atoms with Gasteiger partial charge in [-0.2, -0.15) is 0 Å². The molecule has 0 aliphatic rings. The Hall–Kier alpha value is -2.62. The van der Waals surface area contributed by atoms with Crippen molar-refractivity contribution in [2.45, 2.75) is 40.0 Å². The maximum atomic E-state index is 10.3. The van der Waals surface area contributed by atoms with E-state index in [1.54, 1.807) is 24.5 Å². The lowest BCUT2D eigenvalue weighted by molar-refractivity contribution is 0.441. The molecule has 0 amide bonds. The van der Waals surface area contributed by atoms with Gasteiger partial charge in [0.05, 0.1) is 0 Å². The molecule has 0 saturated carbocycles. The number of benzene rings is 1. The van der Waals surface area contributed by atoms with Crippen molar-refractivity contribution < 1.29 is 10.2 Å². The predicted molar refractivity (Wildman–Crippen MR) is 96.9 cm³/mol. The van der Waals surface area contributed by atoms with E-state index < -0.39 is 0 Å². The van der Waals surface area contributed by atoms with Crippen LogP contribution in [0.15, 0.2) is 54.2 Å². The number of hydrogen-bond acceptors (Lipinski definition) is 4. The summed E-state index contributed by atoms with van der Waals surface area (Å²) in [5.41, 5.74) is 4.55. The number of aromatic nitrogens is 2. The van der Waals surface area contributed by atoms with E-state index in [9.17, 15) is 10.2 Å². The number of rotatable bonds is 6. The third-order valence-electron chi connectivity index (χ3n) is 3.84. The van der Waals surface area contributed by atoms with Gasteiger partial charge in [0.2, 0.25) is 0 Å². The molecule has 1 heterocycles. The van der Waals surface area contributed by atoms with E-state index in [1.807, 2.05) is 0 Å². The molecule has 0 bridgehead atoms. The van der Waals surface area contributed by atoms with Gasteiger partial charge in [-0.05, 0) is 57.7 Å². The first-order chi connectivity index (χ1) is 11.5. The van der Waals surface area contributed by atoms with Gasteiger partial charge in [0.25, 0.3) is 0 Å². The van der Waals surface area contributed by atoms with E-state index >= 15 is 0 Å². The lowest BCUT2D eigenvalue weighted by atomic mass is 10.0. The summed E-state index contributed by atoms with van der Waals surface area (Å²) in [6.45, 7) is 6.26. The van der Waals surface area contributed by atoms with Crippen LogP contribution < -0.4 is 0 Å². The highest BCUT2D eigenvalue weighted by Gasteiger charge is 2.10. The predicted octanol–water partition coefficient (Wildman–Crippen LogP) is 4.79. The molecule has 0 spiro atoms. The lowest BCUT2D eigenvalue weighted by Gasteiger charge is -2.09. The third-order valence-corrected chi connectivity index (χ3v) is 3.84. The first-order valence-corrected chi connectivity index (χ1v) is 8.06. The topological polar surface area (TPSA) is 66.2 Å². The van der Waals surface area contributed by atoms with Gasteiger partial charge in [-0.1, -0.05) is 23.3 Å². The van der Waals surface area contributed by atoms with Crippen LogP contribution in [0.5, 0.6) is 11.5 Å². The lowest BCUT2D eigenvalue weighted by Crippen LogP contribution is -1.89. The van der Waals surface area contributed by atoms with Crippen molar-refractivity contribution in [2.75, 3.05) is 0 Å². The van der Waals surface area contributed by atoms with Crippen LogP contribution in [0.25, 0.3) is 11.1 Å². The van der Waals surface area contributed by atoms with Crippen LogP contribution in [0.2, 0.25) is 0 Å². The molecule has 1 aromatic carbocycles. The molecular formula is C20H24N2O2. The zero-order chi connectivity index (χ0) is 17.5. The molecule has 2 N–H and O–H groups in total. The number of allylic oxidation sites excluding steroid dienone is 4. The number of nitrogens with zero attached hydrogens (tertiary/aromatic N) is 2. The summed E-state index contributed by atoms with van der Waals surface area (Å²) in [4.78, 5) is 7.91. The van der Waals surface area contributed by atoms with E-state index in [1.165, 1.54) is 17.5 Å². The quantitative estimate of drug-likeness (QED) is 0.750. The highest BCUT2D eigenvalue weighted by atomic mass is 16.3. The van der Waals surface area contributed by atoms with Gasteiger partial charge < -0.3 is 10.2 Å². The SMILES string of the molecule is CC(C)=CCC/C(C)=C/Cc1c(O)cc(-c2cncnc2)cc1O. The Morgan fingerprint density at radius 3 is 2.17 bits per heavy atom. The maximum Gasteiger partial charge on any atom is 0.123 e. The maximum absolute atomic E-state index is 10.3. The average molecular weight is 324 g/mol. The summed E-state index contributed by atoms with van der Waals surface area (Å²) in [6, 6.07) is 3.28. The smallest absolute Gasteiger partial charge is 0.123 e. The highest BCUT2D eigenvalue weighted by Crippen LogP contribution is 2.34. The highest BCUT2D eigenvalue weighted by molar-refractivity contribution is 5.67. The molecule has 0 saturated heterocycles. The van der Waals surface area contributed by atoms with Gasteiger partial charge >= 0.3 is 0 Å². The Morgan fingerprint density at radius 2 is 1.58 bits per heavy atom. The summed E-state index contributed by atoms with van der Waals surface area (Å²) in [6.07, 6.45) is 11.5. The Morgan fingerprint density at radius 1 is 0.958 bits per heavy atom. The summed E-state index contributed by atoms with van der Waals surface area (Å²) >= 11 is 0. The molecule has 0 radical (unpaired) electrons. The van der Waals surface area contributed by atoms with E-state index in [-0.39, 0.29) is 11.5 Å². The van der Waals surface area contributed by atoms with Crippen molar-refractivity contribution in [3.63, 3.8) is 0 Å². The Balaban J connectivity index is 2.13. The van der Waals surface area contributed by atoms with Gasteiger partial charge in [0.1, 0.15) is 17.8 Å². The number of aromatic hydroxyl groups is 2. The molecule has 0 unspecified atom stereocenters. The van der Waals surface area contributed by atoms with Crippen molar-refractivity contribution in [1.82, 2.24) is 9.97 Å². The first-order valence-electron chi connectivity index (χ1n) is 8.06. The van der Waals surface area contributed by atoms with Crippen molar-refractivity contribution >= 4 is 0 Å². The van der Waals surface area contributed by atoms with Crippen LogP contribution in [0.4, 0.5) is 0 Å². The number of phenolic OH excluding ortho intramolecular Hbond substituents is 2. The molecule has 0 fully saturated rings. The van der Waals surface area contributed by atoms with Gasteiger partial charge in [-0.25, -0.2) is 9.97 Å². The fourth-order valence-corrected chi connectivity index (χ4v) is 2.43. The van der Waals surface area contributed by atoms with Gasteiger partial charge in [0.15, 0.2) is 0 Å². The van der Waals surface area contributed by atoms with Crippen molar-refractivity contribution in [3.8, 4) is 22.6 Å². The summed E-state index contributed by atoms with van der Waals surface area (Å²) in [7, 11) is 0. The zero-order valence-electron chi connectivity index (χ0n) is 14.5. The minimum Gasteiger partial charge on any atom is -0.507 e. The van der Waals surface area contributed by atoms with E-state index in [0.717, 1.165) is 18.4 Å². The van der Waals surface area contributed by atoms with E-state index in [2.05, 4.69) is 42.9 Å². The van der Waals surface area contributed by atoms with Gasteiger partial charge in [-0.3, -0.25) is 0 Å². The number of hydrogen-bond donors (Lipinski definition) is 2. The van der Waals surface area contributed by atoms with Crippen LogP contribution >= 0.6 is 0 Å². The average Bonchev–Trinajstić information content (AvgIpc) is 2.54. The minimum atomic E-state index is 0.0854. The Labute approximate surface area is 143 Å². The van der Waals surface area contributed by atoms with Crippen molar-refractivity contribution in [1.29, 1.82) is 0 Å². The van der Waals surface area contributed by atoms with Crippen LogP contribution in [0, 0.1) is 0 Å². The summed E-state index contributed by atoms with van der Waals surface area (Å²) in [5, 5.41) is 20.5. The summed E-state index contributed by atoms with van der Waals surface area (Å²) < 4.78 is 0. The number of phenols is 2. The second-order valence-corrected chi connectivity index (χ2v) is 6.19. The Kier molecular flexibility index (Phi) is 6.13. The molecular weight excluding hydrogens is 300 g/mol. The fourth-order valence-electron chi connectivity index (χ4n) is 2.43. The molecule has 126 valence electrons. The van der Waals surface area contributed by atoms with Crippen LogP contribution in [0.3, 0.4) is 0 Å². The van der Waals surface area contributed by atoms with Crippen molar-refractivity contribution in [2.24, 2.45) is 0 Å². The molecule has 2 aromatic rings. The second kappa shape index (κ2) is 8.29. The molecule has 2 rings (SSSR count). The Bertz CT molecular complexity index is 722. The molecule has 4 nitrogen and oxygen atoms in total. The molecule has 0 atom stereocenters. The van der Waals surface area contributed by atoms with Crippen LogP contribution in [-0.4, -0.2) is 20.2 Å². The normalized spacial score (nSPS) is 11.4. The van der Waals surface area contributed by atoms with E-state index in [4.69, 9.17) is 0 Å². The van der Waals surface area contributed by atoms with E-state index in [0.29, 0.717) is 17.5 Å². The molecule has 0 aliphatic heterocycles. The van der Waals surface area contributed by atoms with Crippen LogP contribution in [-0.2, 0) is 6.42 Å². The van der Waals surface area contributed by atoms with Crippen LogP contribution in [0.1, 0.15) is 39.2 Å². The summed E-state index contributed by atoms with van der Waals surface area (Å²) in [5.74, 6) is 0.171. The molecule has 1 aromatic heterocycles. The van der Waals surface area contributed by atoms with Gasteiger partial charge in [0, 0.05) is 23.5 Å². The molecule has 24 heavy (non-hydrogen) atoms. The first kappa shape index (κ1) is 17.7. The largest absolute Gasteiger partial charge is 0.507 e. The second-order valence-electron chi connectivity index (χ2n) is 6.19. The minimum absolute atomic E-state index is 0.0854. The van der Waals surface area contributed by atoms with Crippen molar-refractivity contribution in [3.05, 3.63) is 59.7 Å². The monoisotopic (exact) mass is 324 g/mol. The fraction of sp³-hybridized carbons (Fsp3) is 0.300. The van der Waals surface area contributed by atoms with Gasteiger partial charge in [-0.15, -0.1) is 0 Å². The third kappa shape index (κ3) is 4.95. The zero-order valence-corrected chi connectivity index (χ0v) is 14.5. The molecule has 0 aliphatic carbocycles. The standard InChI is InChI=1S/C20H24N2O2/c1-14(2)5-4-6-15(3)7-8-18-19(23)9-16(10-20(18)24)17-11-21-13-22-12-17/h5,7,9-13,23-24H,4,6,8H2,1-3H3/b15-7+.